The van der Waals surface area contributed by atoms with Gasteiger partial charge < -0.3 is 0 Å². The van der Waals surface area contributed by atoms with Crippen LogP contribution in [0, 0.1) is 355 Å². The minimum atomic E-state index is 1.09. The Hall–Kier alpha value is 0. The molecule has 0 bridgehead atoms. The van der Waals surface area contributed by atoms with E-state index in [9.17, 15) is 0 Å². The molecule has 0 aliphatic heterocycles. The Morgan fingerprint density at radius 3 is 0.706 bits per heavy atom. The largest absolute Gasteiger partial charge is 0.0651 e. The van der Waals surface area contributed by atoms with Crippen LogP contribution in [0.2, 0.25) is 0 Å². The maximum absolute atomic E-state index is 2.82. The Kier molecular flexibility index (Phi) is 1.06. The van der Waals surface area contributed by atoms with Crippen LogP contribution in [0.3, 0.4) is 0 Å². The monoisotopic (exact) mass is 854 g/mol. The zero-order valence-corrected chi connectivity index (χ0v) is 37.4. The van der Waals surface area contributed by atoms with E-state index >= 15 is 0 Å². The lowest BCUT2D eigenvalue weighted by Crippen LogP contribution is -3.73. The highest BCUT2D eigenvalue weighted by Gasteiger charge is 3.78. The highest BCUT2D eigenvalue weighted by molar-refractivity contribution is 6.22. The molecule has 0 aromatic carbocycles. The molecule has 0 amide bonds. The third-order valence-electron chi connectivity index (χ3n) is 60.5. The van der Waals surface area contributed by atoms with Crippen molar-refractivity contribution in [1.82, 2.24) is 0 Å². The molecule has 0 nitrogen and oxygen atoms in total. The van der Waals surface area contributed by atoms with Gasteiger partial charge in [-0.25, -0.2) is 0 Å². The first kappa shape index (κ1) is 22.3. The molecule has 50 aliphatic carbocycles. The van der Waals surface area contributed by atoms with Crippen molar-refractivity contribution in [2.75, 3.05) is 0 Å². The number of hydrogen-bond donors (Lipinski definition) is 0. The summed E-state index contributed by atoms with van der Waals surface area (Å²) in [4.78, 5) is 0. The smallest absolute Gasteiger partial charge is 0.000370 e. The van der Waals surface area contributed by atoms with Crippen LogP contribution in [-0.4, -0.2) is 0 Å². The summed E-state index contributed by atoms with van der Waals surface area (Å²) in [5.74, 6) is 38.0. The molecule has 50 aliphatic rings. The molecular formula is C68H38. The maximum Gasteiger partial charge on any atom is -0.000370 e. The summed E-state index contributed by atoms with van der Waals surface area (Å²) in [6, 6.07) is 0. The molecular weight excluding hydrogens is 817 g/mol. The molecule has 0 aromatic rings. The first-order chi connectivity index (χ1) is 33.8. The summed E-state index contributed by atoms with van der Waals surface area (Å²) in [5.41, 5.74) is 40.9. The van der Waals surface area contributed by atoms with Crippen LogP contribution < -0.4 is 0 Å². The lowest BCUT2D eigenvalue weighted by Gasteiger charge is -3.74. The van der Waals surface area contributed by atoms with Crippen LogP contribution in [0.4, 0.5) is 0 Å². The summed E-state index contributed by atoms with van der Waals surface area (Å²) < 4.78 is 0. The second kappa shape index (κ2) is 3.22. The van der Waals surface area contributed by atoms with E-state index in [1.165, 1.54) is 160 Å². The van der Waals surface area contributed by atoms with E-state index in [1.54, 1.807) is 6.42 Å². The fourth-order valence-corrected chi connectivity index (χ4v) is 78.7. The first-order valence-corrected chi connectivity index (χ1v) is 33.8. The van der Waals surface area contributed by atoms with Crippen molar-refractivity contribution >= 4 is 0 Å². The van der Waals surface area contributed by atoms with Gasteiger partial charge in [-0.1, -0.05) is 13.3 Å². The molecule has 0 N–H and O–H groups in total. The lowest BCUT2D eigenvalue weighted by atomic mass is 8.28. The number of rotatable bonds is 1. The zero-order chi connectivity index (χ0) is 37.4. The van der Waals surface area contributed by atoms with Crippen molar-refractivity contribution in [3.63, 3.8) is 0 Å². The Labute approximate surface area is 385 Å². The van der Waals surface area contributed by atoms with Gasteiger partial charge in [0.05, 0.1) is 0 Å². The molecule has 0 aromatic heterocycles. The SMILES string of the molecule is CCC1C2C3C4C5CC6C7C8C9C%10C%11C%12C%13C%14CC%15C%16C%17C%18CC%19C%20C%21C%22C%23C%24C%25C%26C1C21C32C43C56C74C85C96C%107C%118C%129C%13%10C%15%14C%16%11C%17%12C%18%19C%20%13C%21%14C%22%15C%23%16C%24%17C%25%18C%261C21C34C52C%181C%171C62C72C83C94C%11%10C%12%13C%144C%153C%1612. The van der Waals surface area contributed by atoms with E-state index < -0.39 is 0 Å². The Morgan fingerprint density at radius 1 is 0.206 bits per heavy atom. The molecule has 50 rings (SSSR count). The van der Waals surface area contributed by atoms with Gasteiger partial charge >= 0.3 is 0 Å². The van der Waals surface area contributed by atoms with Crippen molar-refractivity contribution in [2.24, 2.45) is 355 Å². The van der Waals surface area contributed by atoms with Gasteiger partial charge in [-0.15, -0.1) is 0 Å². The number of fused-ring (bicyclic) bond motifs is 22. The predicted molar refractivity (Wildman–Crippen MR) is 206 cm³/mol. The van der Waals surface area contributed by atoms with Gasteiger partial charge in [0, 0.05) is 0 Å². The van der Waals surface area contributed by atoms with E-state index in [4.69, 9.17) is 0 Å². The van der Waals surface area contributed by atoms with E-state index in [1.807, 2.05) is 19.3 Å². The molecule has 310 valence electrons. The average molecular weight is 855 g/mol. The van der Waals surface area contributed by atoms with Crippen LogP contribution in [0.5, 0.6) is 0 Å². The van der Waals surface area contributed by atoms with Crippen LogP contribution >= 0.6 is 0 Å². The molecule has 0 saturated heterocycles. The van der Waals surface area contributed by atoms with Crippen molar-refractivity contribution in [2.45, 2.75) is 32.6 Å². The van der Waals surface area contributed by atoms with E-state index in [2.05, 4.69) is 6.92 Å². The molecule has 36 spiro atoms. The van der Waals surface area contributed by atoms with E-state index in [0.29, 0.717) is 0 Å². The minimum Gasteiger partial charge on any atom is -0.0651 e. The Balaban J connectivity index is 0.720. The average Bonchev–Trinajstić information content (AvgIpc) is 0.427. The third-order valence-corrected chi connectivity index (χ3v) is 60.5. The van der Waals surface area contributed by atoms with Gasteiger partial charge in [-0.05, 0) is 374 Å². The minimum absolute atomic E-state index is 1.09. The van der Waals surface area contributed by atoms with Crippen molar-refractivity contribution < 1.29 is 0 Å². The standard InChI is InChI=1S/C68H38/c1-2-6-13-21-17-9-5-12-20-24-28-31-27-23-18-10-3-7-15-16-8-4-11-19-25-29-32-30-26-22-14(6)36(13)43(21)39(17)35(9,12)42(20)47(24)50(28)53(31)49(27)45(23)40(18)33(7,10)37(15)38(16)34(8,11)41(19)46(25)51(29)54(32)52(30)48(26)44(22,36)58(43)57(39,42)61(47)62(48,58)66(52)65(50,61)67(53)63(49)59(45)55(37,40)56(38,41)60(46,59)64(51,63)68(54,66)67/h6-32H,2-5H2,1H3. The molecule has 0 heterocycles. The summed E-state index contributed by atoms with van der Waals surface area (Å²) >= 11 is 0. The summed E-state index contributed by atoms with van der Waals surface area (Å²) in [7, 11) is 0. The quantitative estimate of drug-likeness (QED) is 0.332. The van der Waals surface area contributed by atoms with Crippen LogP contribution in [0.25, 0.3) is 0 Å². The summed E-state index contributed by atoms with van der Waals surface area (Å²) in [6.45, 7) is 2.82. The molecule has 50 saturated carbocycles. The fourth-order valence-electron chi connectivity index (χ4n) is 78.7. The Bertz CT molecular complexity index is 4960. The molecule has 50 fully saturated rings. The molecule has 63 atom stereocenters. The van der Waals surface area contributed by atoms with E-state index in [-0.39, 0.29) is 0 Å². The highest BCUT2D eigenvalue weighted by Crippen LogP contribution is 3.78. The highest BCUT2D eigenvalue weighted by atomic mass is 15.8. The van der Waals surface area contributed by atoms with Gasteiger partial charge in [-0.2, -0.15) is 0 Å². The predicted octanol–water partition coefficient (Wildman–Crippen LogP) is 5.39. The maximum atomic E-state index is 2.82. The normalized spacial score (nSPS) is 146. The van der Waals surface area contributed by atoms with Crippen LogP contribution in [0.15, 0.2) is 0 Å². The first-order valence-electron chi connectivity index (χ1n) is 33.8. The van der Waals surface area contributed by atoms with Gasteiger partial charge in [0.2, 0.25) is 0 Å². The summed E-state index contributed by atoms with van der Waals surface area (Å²) in [5, 5.41) is 0. The second-order valence-corrected chi connectivity index (χ2v) is 44.5. The molecule has 0 heteroatoms. The lowest BCUT2D eigenvalue weighted by molar-refractivity contribution is -1.30. The van der Waals surface area contributed by atoms with Crippen molar-refractivity contribution in [3.8, 4) is 0 Å². The zero-order valence-electron chi connectivity index (χ0n) is 37.4. The molecule has 63 unspecified atom stereocenters. The van der Waals surface area contributed by atoms with Crippen molar-refractivity contribution in [1.29, 1.82) is 0 Å². The number of hydrogen-bond acceptors (Lipinski definition) is 0. The van der Waals surface area contributed by atoms with Crippen molar-refractivity contribution in [3.05, 3.63) is 0 Å². The molecule has 68 heavy (non-hydrogen) atoms. The topological polar surface area (TPSA) is 0 Å². The van der Waals surface area contributed by atoms with Gasteiger partial charge in [0.15, 0.2) is 0 Å². The third kappa shape index (κ3) is 0.439. The molecule has 0 radical (unpaired) electrons. The Morgan fingerprint density at radius 2 is 0.397 bits per heavy atom. The van der Waals surface area contributed by atoms with Gasteiger partial charge in [0.1, 0.15) is 0 Å². The second-order valence-electron chi connectivity index (χ2n) is 44.5. The van der Waals surface area contributed by atoms with Crippen LogP contribution in [-0.2, 0) is 0 Å². The summed E-state index contributed by atoms with van der Waals surface area (Å²) in [6.07, 6.45) is 7.30. The van der Waals surface area contributed by atoms with Gasteiger partial charge in [-0.3, -0.25) is 0 Å². The van der Waals surface area contributed by atoms with Crippen LogP contribution in [0.1, 0.15) is 32.6 Å². The van der Waals surface area contributed by atoms with E-state index in [0.717, 1.165) is 195 Å². The van der Waals surface area contributed by atoms with Gasteiger partial charge in [0.25, 0.3) is 0 Å². The fraction of sp³-hybridized carbons (Fsp3) is 1.00.